The molecule has 110 valence electrons. The summed E-state index contributed by atoms with van der Waals surface area (Å²) < 4.78 is 0. The smallest absolute Gasteiger partial charge is 0.315 e. The van der Waals surface area contributed by atoms with E-state index in [0.29, 0.717) is 11.6 Å². The Kier molecular flexibility index (Phi) is 5.23. The SMILES string of the molecule is Cc1ccccc1[C@H](C)NC(=O)NCc1ccccc1Cl. The minimum Gasteiger partial charge on any atom is -0.334 e. The Hall–Kier alpha value is -2.00. The first-order valence-corrected chi connectivity index (χ1v) is 7.29. The van der Waals surface area contributed by atoms with Gasteiger partial charge < -0.3 is 10.6 Å². The third-order valence-corrected chi connectivity index (χ3v) is 3.77. The van der Waals surface area contributed by atoms with E-state index in [1.165, 1.54) is 0 Å². The quantitative estimate of drug-likeness (QED) is 0.873. The lowest BCUT2D eigenvalue weighted by Crippen LogP contribution is -2.36. The van der Waals surface area contributed by atoms with Gasteiger partial charge in [0.05, 0.1) is 6.04 Å². The fourth-order valence-corrected chi connectivity index (χ4v) is 2.42. The summed E-state index contributed by atoms with van der Waals surface area (Å²) in [6.45, 7) is 4.42. The normalized spacial score (nSPS) is 11.8. The maximum absolute atomic E-state index is 12.0. The van der Waals surface area contributed by atoms with Crippen LogP contribution in [0.4, 0.5) is 4.79 Å². The van der Waals surface area contributed by atoms with Gasteiger partial charge in [-0.15, -0.1) is 0 Å². The Morgan fingerprint density at radius 2 is 1.81 bits per heavy atom. The second-order valence-corrected chi connectivity index (χ2v) is 5.40. The van der Waals surface area contributed by atoms with E-state index in [4.69, 9.17) is 11.6 Å². The molecule has 0 radical (unpaired) electrons. The second-order valence-electron chi connectivity index (χ2n) is 5.00. The zero-order valence-corrected chi connectivity index (χ0v) is 12.9. The van der Waals surface area contributed by atoms with E-state index in [9.17, 15) is 4.79 Å². The highest BCUT2D eigenvalue weighted by molar-refractivity contribution is 6.31. The Morgan fingerprint density at radius 3 is 2.52 bits per heavy atom. The van der Waals surface area contributed by atoms with Crippen LogP contribution in [-0.4, -0.2) is 6.03 Å². The highest BCUT2D eigenvalue weighted by Crippen LogP contribution is 2.17. The second kappa shape index (κ2) is 7.14. The first-order chi connectivity index (χ1) is 10.1. The molecule has 0 saturated carbocycles. The van der Waals surface area contributed by atoms with Gasteiger partial charge in [-0.3, -0.25) is 0 Å². The largest absolute Gasteiger partial charge is 0.334 e. The summed E-state index contributed by atoms with van der Waals surface area (Å²) in [5.41, 5.74) is 3.18. The van der Waals surface area contributed by atoms with Gasteiger partial charge >= 0.3 is 6.03 Å². The monoisotopic (exact) mass is 302 g/mol. The Morgan fingerprint density at radius 1 is 1.14 bits per heavy atom. The van der Waals surface area contributed by atoms with Crippen molar-refractivity contribution in [2.75, 3.05) is 0 Å². The molecule has 2 N–H and O–H groups in total. The Bertz CT molecular complexity index is 628. The summed E-state index contributed by atoms with van der Waals surface area (Å²) in [6, 6.07) is 15.3. The molecule has 2 amide bonds. The predicted octanol–water partition coefficient (Wildman–Crippen LogP) is 4.21. The van der Waals surface area contributed by atoms with Gasteiger partial charge in [0.15, 0.2) is 0 Å². The number of carbonyl (C=O) groups is 1. The molecular formula is C17H19ClN2O. The molecule has 0 aliphatic rings. The van der Waals surface area contributed by atoms with E-state index in [1.807, 2.05) is 62.4 Å². The lowest BCUT2D eigenvalue weighted by atomic mass is 10.0. The molecule has 1 atom stereocenters. The number of rotatable bonds is 4. The standard InChI is InChI=1S/C17H19ClN2O/c1-12-7-3-5-9-15(12)13(2)20-17(21)19-11-14-8-4-6-10-16(14)18/h3-10,13H,11H2,1-2H3,(H2,19,20,21)/t13-/m0/s1. The summed E-state index contributed by atoms with van der Waals surface area (Å²) in [5, 5.41) is 6.42. The van der Waals surface area contributed by atoms with Crippen LogP contribution in [0.1, 0.15) is 29.7 Å². The number of hydrogen-bond acceptors (Lipinski definition) is 1. The van der Waals surface area contributed by atoms with Gasteiger partial charge in [-0.2, -0.15) is 0 Å². The van der Waals surface area contributed by atoms with Crippen molar-refractivity contribution in [1.29, 1.82) is 0 Å². The molecule has 2 aromatic carbocycles. The number of urea groups is 1. The number of amides is 2. The Labute approximate surface area is 130 Å². The number of carbonyl (C=O) groups excluding carboxylic acids is 1. The molecule has 2 rings (SSSR count). The van der Waals surface area contributed by atoms with Crippen molar-refractivity contribution >= 4 is 17.6 Å². The molecule has 0 heterocycles. The van der Waals surface area contributed by atoms with Crippen LogP contribution in [-0.2, 0) is 6.54 Å². The molecule has 4 heteroatoms. The number of benzene rings is 2. The van der Waals surface area contributed by atoms with E-state index >= 15 is 0 Å². The number of halogens is 1. The molecule has 3 nitrogen and oxygen atoms in total. The van der Waals surface area contributed by atoms with Gasteiger partial charge in [0, 0.05) is 11.6 Å². The zero-order chi connectivity index (χ0) is 15.2. The molecule has 0 aliphatic carbocycles. The first kappa shape index (κ1) is 15.4. The van der Waals surface area contributed by atoms with Crippen molar-refractivity contribution < 1.29 is 4.79 Å². The minimum absolute atomic E-state index is 0.0440. The van der Waals surface area contributed by atoms with Crippen LogP contribution in [0.3, 0.4) is 0 Å². The maximum Gasteiger partial charge on any atom is 0.315 e. The minimum atomic E-state index is -0.203. The van der Waals surface area contributed by atoms with Crippen LogP contribution in [0.2, 0.25) is 5.02 Å². The molecule has 0 aliphatic heterocycles. The summed E-state index contributed by atoms with van der Waals surface area (Å²) in [5.74, 6) is 0. The summed E-state index contributed by atoms with van der Waals surface area (Å²) in [6.07, 6.45) is 0. The molecule has 21 heavy (non-hydrogen) atoms. The van der Waals surface area contributed by atoms with Gasteiger partial charge in [0.1, 0.15) is 0 Å². The van der Waals surface area contributed by atoms with Crippen LogP contribution in [0, 0.1) is 6.92 Å². The Balaban J connectivity index is 1.90. The molecule has 0 spiro atoms. The van der Waals surface area contributed by atoms with E-state index in [0.717, 1.165) is 16.7 Å². The van der Waals surface area contributed by atoms with Crippen LogP contribution < -0.4 is 10.6 Å². The first-order valence-electron chi connectivity index (χ1n) is 6.91. The molecule has 2 aromatic rings. The molecule has 0 saturated heterocycles. The van der Waals surface area contributed by atoms with Crippen molar-refractivity contribution in [1.82, 2.24) is 10.6 Å². The number of hydrogen-bond donors (Lipinski definition) is 2. The molecule has 0 aromatic heterocycles. The van der Waals surface area contributed by atoms with Crippen LogP contribution in [0.25, 0.3) is 0 Å². The fraction of sp³-hybridized carbons (Fsp3) is 0.235. The average molecular weight is 303 g/mol. The van der Waals surface area contributed by atoms with Crippen LogP contribution in [0.5, 0.6) is 0 Å². The molecule has 0 bridgehead atoms. The van der Waals surface area contributed by atoms with Crippen molar-refractivity contribution in [2.45, 2.75) is 26.4 Å². The van der Waals surface area contributed by atoms with E-state index < -0.39 is 0 Å². The fourth-order valence-electron chi connectivity index (χ4n) is 2.22. The van der Waals surface area contributed by atoms with Crippen LogP contribution in [0.15, 0.2) is 48.5 Å². The number of aryl methyl sites for hydroxylation is 1. The highest BCUT2D eigenvalue weighted by atomic mass is 35.5. The summed E-state index contributed by atoms with van der Waals surface area (Å²) >= 11 is 6.06. The number of nitrogens with one attached hydrogen (secondary N) is 2. The summed E-state index contributed by atoms with van der Waals surface area (Å²) in [4.78, 5) is 12.0. The van der Waals surface area contributed by atoms with Crippen molar-refractivity contribution in [2.24, 2.45) is 0 Å². The lowest BCUT2D eigenvalue weighted by Gasteiger charge is -2.17. The third-order valence-electron chi connectivity index (χ3n) is 3.40. The van der Waals surface area contributed by atoms with Gasteiger partial charge in [0.25, 0.3) is 0 Å². The topological polar surface area (TPSA) is 41.1 Å². The summed E-state index contributed by atoms with van der Waals surface area (Å²) in [7, 11) is 0. The van der Waals surface area contributed by atoms with Gasteiger partial charge in [-0.1, -0.05) is 54.1 Å². The van der Waals surface area contributed by atoms with Crippen LogP contribution >= 0.6 is 11.6 Å². The van der Waals surface area contributed by atoms with Gasteiger partial charge in [0.2, 0.25) is 0 Å². The van der Waals surface area contributed by atoms with E-state index in [1.54, 1.807) is 0 Å². The maximum atomic E-state index is 12.0. The molecular weight excluding hydrogens is 284 g/mol. The average Bonchev–Trinajstić information content (AvgIpc) is 2.46. The van der Waals surface area contributed by atoms with E-state index in [-0.39, 0.29) is 12.1 Å². The van der Waals surface area contributed by atoms with E-state index in [2.05, 4.69) is 10.6 Å². The van der Waals surface area contributed by atoms with Crippen molar-refractivity contribution in [3.63, 3.8) is 0 Å². The molecule has 0 fully saturated rings. The zero-order valence-electron chi connectivity index (χ0n) is 12.2. The van der Waals surface area contributed by atoms with Crippen molar-refractivity contribution in [3.05, 3.63) is 70.2 Å². The molecule has 0 unspecified atom stereocenters. The van der Waals surface area contributed by atoms with Gasteiger partial charge in [-0.05, 0) is 36.6 Å². The lowest BCUT2D eigenvalue weighted by molar-refractivity contribution is 0.237. The third kappa shape index (κ3) is 4.23. The highest BCUT2D eigenvalue weighted by Gasteiger charge is 2.11. The predicted molar refractivity (Wildman–Crippen MR) is 86.4 cm³/mol. The van der Waals surface area contributed by atoms with Gasteiger partial charge in [-0.25, -0.2) is 4.79 Å². The van der Waals surface area contributed by atoms with Crippen molar-refractivity contribution in [3.8, 4) is 0 Å².